The van der Waals surface area contributed by atoms with Crippen molar-refractivity contribution in [2.45, 2.75) is 0 Å². The van der Waals surface area contributed by atoms with Crippen LogP contribution in [0.4, 0.5) is 11.4 Å². The second-order valence-corrected chi connectivity index (χ2v) is 5.08. The van der Waals surface area contributed by atoms with Crippen LogP contribution >= 0.6 is 0 Å². The first kappa shape index (κ1) is 18.7. The number of nitrogens with zero attached hydrogens (tertiary/aromatic N) is 1. The lowest BCUT2D eigenvalue weighted by atomic mass is 10.2. The van der Waals surface area contributed by atoms with E-state index in [4.69, 9.17) is 9.47 Å². The van der Waals surface area contributed by atoms with E-state index in [-0.39, 0.29) is 29.4 Å². The Labute approximate surface area is 149 Å². The Morgan fingerprint density at radius 2 is 1.69 bits per heavy atom. The van der Waals surface area contributed by atoms with Gasteiger partial charge in [-0.05, 0) is 12.1 Å². The summed E-state index contributed by atoms with van der Waals surface area (Å²) in [5.41, 5.74) is -0.0191. The Morgan fingerprint density at radius 1 is 1.08 bits per heavy atom. The molecule has 136 valence electrons. The van der Waals surface area contributed by atoms with Crippen LogP contribution in [-0.2, 0) is 4.79 Å². The van der Waals surface area contributed by atoms with Crippen molar-refractivity contribution < 1.29 is 24.0 Å². The van der Waals surface area contributed by atoms with Gasteiger partial charge in [-0.15, -0.1) is 0 Å². The number of nitro groups is 1. The summed E-state index contributed by atoms with van der Waals surface area (Å²) in [5.74, 6) is -0.663. The molecule has 0 fully saturated rings. The molecule has 0 saturated carbocycles. The molecule has 0 unspecified atom stereocenters. The molecular weight excluding hydrogens is 342 g/mol. The molecule has 26 heavy (non-hydrogen) atoms. The van der Waals surface area contributed by atoms with Gasteiger partial charge in [-0.25, -0.2) is 0 Å². The number of hydrogen-bond acceptors (Lipinski definition) is 6. The van der Waals surface area contributed by atoms with Gasteiger partial charge in [0.05, 0.1) is 31.8 Å². The summed E-state index contributed by atoms with van der Waals surface area (Å²) in [6.45, 7) is -0.348. The highest BCUT2D eigenvalue weighted by Crippen LogP contribution is 2.37. The zero-order valence-electron chi connectivity index (χ0n) is 14.1. The fourth-order valence-corrected chi connectivity index (χ4v) is 2.17. The van der Waals surface area contributed by atoms with E-state index < -0.39 is 16.7 Å². The number of amides is 2. The molecule has 0 bridgehead atoms. The highest BCUT2D eigenvalue weighted by atomic mass is 16.6. The number of carbonyl (C=O) groups excluding carboxylic acids is 2. The number of methoxy groups -OCH3 is 2. The molecule has 0 saturated heterocycles. The second-order valence-electron chi connectivity index (χ2n) is 5.08. The Morgan fingerprint density at radius 3 is 2.27 bits per heavy atom. The van der Waals surface area contributed by atoms with Crippen LogP contribution in [0.2, 0.25) is 0 Å². The average Bonchev–Trinajstić information content (AvgIpc) is 2.66. The predicted octanol–water partition coefficient (Wildman–Crippen LogP) is 1.98. The van der Waals surface area contributed by atoms with Gasteiger partial charge in [-0.3, -0.25) is 19.7 Å². The van der Waals surface area contributed by atoms with Gasteiger partial charge in [0.2, 0.25) is 5.91 Å². The Kier molecular flexibility index (Phi) is 6.10. The van der Waals surface area contributed by atoms with Crippen LogP contribution in [0, 0.1) is 10.1 Å². The lowest BCUT2D eigenvalue weighted by molar-refractivity contribution is -0.384. The summed E-state index contributed by atoms with van der Waals surface area (Å²) >= 11 is 0. The van der Waals surface area contributed by atoms with Gasteiger partial charge in [-0.2, -0.15) is 0 Å². The zero-order valence-corrected chi connectivity index (χ0v) is 14.1. The molecule has 0 aliphatic carbocycles. The van der Waals surface area contributed by atoms with Crippen molar-refractivity contribution in [3.8, 4) is 11.5 Å². The van der Waals surface area contributed by atoms with E-state index in [0.29, 0.717) is 5.56 Å². The predicted molar refractivity (Wildman–Crippen MR) is 93.6 cm³/mol. The SMILES string of the molecule is COc1cc(NC(=O)CNC(=O)c2ccccc2)c([N+](=O)[O-])cc1OC. The van der Waals surface area contributed by atoms with Gasteiger partial charge in [0, 0.05) is 11.6 Å². The molecule has 0 aromatic heterocycles. The molecule has 2 amide bonds. The molecule has 0 atom stereocenters. The minimum Gasteiger partial charge on any atom is -0.493 e. The normalized spacial score (nSPS) is 9.92. The number of hydrogen-bond donors (Lipinski definition) is 2. The summed E-state index contributed by atoms with van der Waals surface area (Å²) in [6, 6.07) is 10.8. The quantitative estimate of drug-likeness (QED) is 0.576. The first-order chi connectivity index (χ1) is 12.5. The van der Waals surface area contributed by atoms with Crippen molar-refractivity contribution in [1.29, 1.82) is 0 Å². The van der Waals surface area contributed by atoms with Crippen LogP contribution in [0.15, 0.2) is 42.5 Å². The zero-order chi connectivity index (χ0) is 19.1. The molecule has 0 aliphatic heterocycles. The monoisotopic (exact) mass is 359 g/mol. The van der Waals surface area contributed by atoms with Crippen molar-refractivity contribution in [3.63, 3.8) is 0 Å². The van der Waals surface area contributed by atoms with Crippen molar-refractivity contribution in [2.24, 2.45) is 0 Å². The number of ether oxygens (including phenoxy) is 2. The number of benzene rings is 2. The third-order valence-electron chi connectivity index (χ3n) is 3.42. The third kappa shape index (κ3) is 4.47. The first-order valence-electron chi connectivity index (χ1n) is 7.49. The molecule has 0 heterocycles. The average molecular weight is 359 g/mol. The molecule has 2 aromatic rings. The summed E-state index contributed by atoms with van der Waals surface area (Å²) in [4.78, 5) is 34.5. The summed E-state index contributed by atoms with van der Waals surface area (Å²) in [6.07, 6.45) is 0. The summed E-state index contributed by atoms with van der Waals surface area (Å²) < 4.78 is 10.1. The van der Waals surface area contributed by atoms with Crippen LogP contribution in [-0.4, -0.2) is 37.5 Å². The fourth-order valence-electron chi connectivity index (χ4n) is 2.17. The Bertz CT molecular complexity index is 823. The van der Waals surface area contributed by atoms with Gasteiger partial charge in [0.15, 0.2) is 11.5 Å². The maximum Gasteiger partial charge on any atom is 0.296 e. The molecule has 2 N–H and O–H groups in total. The number of nitro benzene ring substituents is 1. The molecule has 2 aromatic carbocycles. The van der Waals surface area contributed by atoms with E-state index >= 15 is 0 Å². The van der Waals surface area contributed by atoms with Gasteiger partial charge in [-0.1, -0.05) is 18.2 Å². The molecule has 9 heteroatoms. The van der Waals surface area contributed by atoms with Gasteiger partial charge >= 0.3 is 0 Å². The van der Waals surface area contributed by atoms with Crippen molar-refractivity contribution in [3.05, 3.63) is 58.1 Å². The lowest BCUT2D eigenvalue weighted by Gasteiger charge is -2.12. The maximum absolute atomic E-state index is 12.1. The topological polar surface area (TPSA) is 120 Å². The largest absolute Gasteiger partial charge is 0.493 e. The van der Waals surface area contributed by atoms with Crippen LogP contribution in [0.5, 0.6) is 11.5 Å². The number of rotatable bonds is 7. The van der Waals surface area contributed by atoms with Crippen LogP contribution in [0.1, 0.15) is 10.4 Å². The highest BCUT2D eigenvalue weighted by Gasteiger charge is 2.21. The molecular formula is C17H17N3O6. The number of anilines is 1. The number of carbonyl (C=O) groups is 2. The van der Waals surface area contributed by atoms with Crippen molar-refractivity contribution in [1.82, 2.24) is 5.32 Å². The molecule has 0 aliphatic rings. The highest BCUT2D eigenvalue weighted by molar-refractivity contribution is 6.00. The van der Waals surface area contributed by atoms with Gasteiger partial charge < -0.3 is 20.1 Å². The molecule has 9 nitrogen and oxygen atoms in total. The molecule has 2 rings (SSSR count). The van der Waals surface area contributed by atoms with E-state index in [9.17, 15) is 19.7 Å². The van der Waals surface area contributed by atoms with Crippen molar-refractivity contribution >= 4 is 23.2 Å². The van der Waals surface area contributed by atoms with E-state index in [1.54, 1.807) is 30.3 Å². The van der Waals surface area contributed by atoms with Gasteiger partial charge in [0.25, 0.3) is 11.6 Å². The molecule has 0 radical (unpaired) electrons. The molecule has 0 spiro atoms. The summed E-state index contributed by atoms with van der Waals surface area (Å²) in [5, 5.41) is 16.0. The van der Waals surface area contributed by atoms with Gasteiger partial charge in [0.1, 0.15) is 5.69 Å². The van der Waals surface area contributed by atoms with E-state index in [2.05, 4.69) is 10.6 Å². The third-order valence-corrected chi connectivity index (χ3v) is 3.42. The van der Waals surface area contributed by atoms with E-state index in [0.717, 1.165) is 6.07 Å². The van der Waals surface area contributed by atoms with E-state index in [1.165, 1.54) is 20.3 Å². The van der Waals surface area contributed by atoms with E-state index in [1.807, 2.05) is 0 Å². The maximum atomic E-state index is 12.1. The van der Waals surface area contributed by atoms with Crippen LogP contribution in [0.3, 0.4) is 0 Å². The second kappa shape index (κ2) is 8.47. The Balaban J connectivity index is 2.10. The lowest BCUT2D eigenvalue weighted by Crippen LogP contribution is -2.32. The minimum atomic E-state index is -0.653. The van der Waals surface area contributed by atoms with Crippen LogP contribution in [0.25, 0.3) is 0 Å². The standard InChI is InChI=1S/C17H17N3O6/c1-25-14-8-12(13(20(23)24)9-15(14)26-2)19-16(21)10-18-17(22)11-6-4-3-5-7-11/h3-9H,10H2,1-2H3,(H,18,22)(H,19,21). The Hall–Kier alpha value is -3.62. The summed E-state index contributed by atoms with van der Waals surface area (Å²) in [7, 11) is 2.72. The smallest absolute Gasteiger partial charge is 0.296 e. The number of nitrogens with one attached hydrogen (secondary N) is 2. The van der Waals surface area contributed by atoms with Crippen LogP contribution < -0.4 is 20.1 Å². The first-order valence-corrected chi connectivity index (χ1v) is 7.49. The fraction of sp³-hybridized carbons (Fsp3) is 0.176. The minimum absolute atomic E-state index is 0.0633. The van der Waals surface area contributed by atoms with Crippen molar-refractivity contribution in [2.75, 3.05) is 26.1 Å².